The Labute approximate surface area is 213 Å². The van der Waals surface area contributed by atoms with Gasteiger partial charge in [0.2, 0.25) is 5.13 Å². The van der Waals surface area contributed by atoms with Crippen LogP contribution in [0.25, 0.3) is 0 Å². The van der Waals surface area contributed by atoms with E-state index in [0.717, 1.165) is 18.0 Å². The molecule has 1 aromatic heterocycles. The van der Waals surface area contributed by atoms with Gasteiger partial charge in [-0.2, -0.15) is 0 Å². The predicted octanol–water partition coefficient (Wildman–Crippen LogP) is 7.49. The van der Waals surface area contributed by atoms with Gasteiger partial charge < -0.3 is 4.90 Å². The molecular weight excluding hydrogens is 442 g/mol. The number of nitrogens with one attached hydrogen (secondary N) is 1. The second-order valence-electron chi connectivity index (χ2n) is 11.1. The van der Waals surface area contributed by atoms with E-state index in [0.29, 0.717) is 11.7 Å². The number of carbonyl (C=O) groups is 1. The highest BCUT2D eigenvalue weighted by Crippen LogP contribution is 2.32. The van der Waals surface area contributed by atoms with E-state index in [9.17, 15) is 4.79 Å². The molecule has 1 fully saturated rings. The average molecular weight is 494 g/mol. The van der Waals surface area contributed by atoms with Crippen molar-refractivity contribution in [3.05, 3.63) is 5.01 Å². The van der Waals surface area contributed by atoms with Crippen LogP contribution in [-0.4, -0.2) is 47.4 Å². The molecule has 0 saturated carbocycles. The minimum atomic E-state index is -0.0542. The molecule has 1 aromatic rings. The topological polar surface area (TPSA) is 61.4 Å². The van der Waals surface area contributed by atoms with Crippen LogP contribution < -0.4 is 10.2 Å². The van der Waals surface area contributed by atoms with Gasteiger partial charge >= 0.3 is 6.03 Å². The molecular formula is C27H51N5OS. The lowest BCUT2D eigenvalue weighted by molar-refractivity contribution is 0.229. The van der Waals surface area contributed by atoms with Crippen molar-refractivity contribution in [2.75, 3.05) is 25.0 Å². The summed E-state index contributed by atoms with van der Waals surface area (Å²) in [5, 5.41) is 13.9. The second kappa shape index (κ2) is 15.7. The van der Waals surface area contributed by atoms with Crippen molar-refractivity contribution in [2.45, 2.75) is 136 Å². The number of likely N-dealkylation sites (N-methyl/N-ethyl adjacent to an activating group) is 1. The third kappa shape index (κ3) is 10.2. The van der Waals surface area contributed by atoms with Gasteiger partial charge in [-0.1, -0.05) is 129 Å². The van der Waals surface area contributed by atoms with Gasteiger partial charge in [0.1, 0.15) is 11.2 Å². The molecule has 0 radical (unpaired) electrons. The number of anilines is 1. The lowest BCUT2D eigenvalue weighted by Crippen LogP contribution is -2.44. The molecule has 2 heterocycles. The lowest BCUT2D eigenvalue weighted by atomic mass is 9.98. The van der Waals surface area contributed by atoms with Crippen molar-refractivity contribution in [3.8, 4) is 0 Å². The lowest BCUT2D eigenvalue weighted by Gasteiger charge is -2.21. The van der Waals surface area contributed by atoms with Crippen LogP contribution in [0.2, 0.25) is 0 Å². The molecule has 196 valence electrons. The maximum atomic E-state index is 12.7. The van der Waals surface area contributed by atoms with Gasteiger partial charge in [0.25, 0.3) is 0 Å². The van der Waals surface area contributed by atoms with E-state index in [1.165, 1.54) is 101 Å². The molecule has 34 heavy (non-hydrogen) atoms. The third-order valence-corrected chi connectivity index (χ3v) is 8.06. The first-order valence-electron chi connectivity index (χ1n) is 14.0. The number of amides is 2. The smallest absolute Gasteiger partial charge is 0.324 e. The zero-order valence-corrected chi connectivity index (χ0v) is 23.5. The number of nitrogens with zero attached hydrogens (tertiary/aromatic N) is 4. The summed E-state index contributed by atoms with van der Waals surface area (Å²) < 4.78 is 0. The third-order valence-electron chi connectivity index (χ3n) is 6.71. The minimum absolute atomic E-state index is 0.00519. The largest absolute Gasteiger partial charge is 0.327 e. The van der Waals surface area contributed by atoms with E-state index in [1.807, 2.05) is 7.05 Å². The van der Waals surface area contributed by atoms with Crippen LogP contribution in [0, 0.1) is 0 Å². The number of urea groups is 1. The number of carbonyl (C=O) groups excluding carboxylic acids is 1. The zero-order chi connectivity index (χ0) is 24.8. The average Bonchev–Trinajstić information content (AvgIpc) is 3.38. The maximum absolute atomic E-state index is 12.7. The fourth-order valence-electron chi connectivity index (χ4n) is 4.49. The Morgan fingerprint density at radius 1 is 0.853 bits per heavy atom. The highest BCUT2D eigenvalue weighted by Gasteiger charge is 2.38. The normalized spacial score (nSPS) is 16.7. The van der Waals surface area contributed by atoms with Crippen molar-refractivity contribution >= 4 is 22.5 Å². The van der Waals surface area contributed by atoms with E-state index in [2.05, 4.69) is 43.2 Å². The van der Waals surface area contributed by atoms with Gasteiger partial charge in [0, 0.05) is 12.5 Å². The minimum Gasteiger partial charge on any atom is -0.324 e. The number of hydrogen-bond acceptors (Lipinski definition) is 5. The van der Waals surface area contributed by atoms with Crippen LogP contribution >= 0.6 is 11.3 Å². The molecule has 1 saturated heterocycles. The Bertz CT molecular complexity index is 687. The fraction of sp³-hybridized carbons (Fsp3) is 0.889. The van der Waals surface area contributed by atoms with Crippen molar-refractivity contribution in [1.29, 1.82) is 0 Å². The van der Waals surface area contributed by atoms with Crippen molar-refractivity contribution in [1.82, 2.24) is 20.4 Å². The van der Waals surface area contributed by atoms with Crippen molar-refractivity contribution < 1.29 is 4.79 Å². The first kappa shape index (κ1) is 29.0. The number of hydrogen-bond donors (Lipinski definition) is 1. The van der Waals surface area contributed by atoms with E-state index in [-0.39, 0.29) is 17.6 Å². The van der Waals surface area contributed by atoms with Gasteiger partial charge in [0.05, 0.1) is 6.54 Å². The molecule has 1 atom stereocenters. The molecule has 1 N–H and O–H groups in total. The summed E-state index contributed by atoms with van der Waals surface area (Å²) >= 11 is 1.53. The van der Waals surface area contributed by atoms with Gasteiger partial charge in [0.15, 0.2) is 0 Å². The fourth-order valence-corrected chi connectivity index (χ4v) is 5.43. The van der Waals surface area contributed by atoms with Crippen LogP contribution in [0.3, 0.4) is 0 Å². The van der Waals surface area contributed by atoms with Crippen LogP contribution in [0.5, 0.6) is 0 Å². The highest BCUT2D eigenvalue weighted by atomic mass is 32.1. The summed E-state index contributed by atoms with van der Waals surface area (Å²) in [6.07, 6.45) is 20.6. The Balaban J connectivity index is 1.52. The van der Waals surface area contributed by atoms with E-state index < -0.39 is 0 Å². The SMILES string of the molecule is CCCCCCCCCCCCCCCCCNC1CN(C)C(=O)N1c1nnc(C(C)(C)C)s1. The molecule has 1 unspecified atom stereocenters. The summed E-state index contributed by atoms with van der Waals surface area (Å²) in [5.74, 6) is 0. The number of rotatable bonds is 18. The Morgan fingerprint density at radius 2 is 1.35 bits per heavy atom. The summed E-state index contributed by atoms with van der Waals surface area (Å²) in [6, 6.07) is 0.00519. The Hall–Kier alpha value is -1.21. The monoisotopic (exact) mass is 493 g/mol. The van der Waals surface area contributed by atoms with Gasteiger partial charge in [-0.15, -0.1) is 10.2 Å². The predicted molar refractivity (Wildman–Crippen MR) is 146 cm³/mol. The second-order valence-corrected chi connectivity index (χ2v) is 12.0. The Morgan fingerprint density at radius 3 is 1.82 bits per heavy atom. The molecule has 1 aliphatic heterocycles. The quantitative estimate of drug-likeness (QED) is 0.215. The maximum Gasteiger partial charge on any atom is 0.327 e. The molecule has 7 heteroatoms. The van der Waals surface area contributed by atoms with Crippen LogP contribution in [0.4, 0.5) is 9.93 Å². The Kier molecular flexibility index (Phi) is 13.4. The molecule has 2 amide bonds. The highest BCUT2D eigenvalue weighted by molar-refractivity contribution is 7.15. The summed E-state index contributed by atoms with van der Waals surface area (Å²) in [7, 11) is 1.86. The van der Waals surface area contributed by atoms with Crippen LogP contribution in [0.15, 0.2) is 0 Å². The summed E-state index contributed by atoms with van der Waals surface area (Å²) in [5.41, 5.74) is -0.0542. The first-order chi connectivity index (χ1) is 16.3. The van der Waals surface area contributed by atoms with Gasteiger partial charge in [-0.25, -0.2) is 4.79 Å². The van der Waals surface area contributed by atoms with Crippen molar-refractivity contribution in [2.24, 2.45) is 0 Å². The number of aromatic nitrogens is 2. The number of unbranched alkanes of at least 4 members (excludes halogenated alkanes) is 14. The molecule has 0 aromatic carbocycles. The molecule has 0 spiro atoms. The first-order valence-corrected chi connectivity index (χ1v) is 14.8. The molecule has 2 rings (SSSR count). The van der Waals surface area contributed by atoms with Gasteiger partial charge in [-0.05, 0) is 13.0 Å². The standard InChI is InChI=1S/C27H51N5OS/c1-6-7-8-9-10-11-12-13-14-15-16-17-18-19-20-21-28-23-22-31(5)26(33)32(23)25-30-29-24(34-25)27(2,3)4/h23,28H,6-22H2,1-5H3. The molecule has 0 aliphatic carbocycles. The van der Waals surface area contributed by atoms with Crippen molar-refractivity contribution in [3.63, 3.8) is 0 Å². The van der Waals surface area contributed by atoms with E-state index >= 15 is 0 Å². The van der Waals surface area contributed by atoms with Crippen LogP contribution in [0.1, 0.15) is 129 Å². The summed E-state index contributed by atoms with van der Waals surface area (Å²) in [6.45, 7) is 10.3. The summed E-state index contributed by atoms with van der Waals surface area (Å²) in [4.78, 5) is 16.3. The van der Waals surface area contributed by atoms with E-state index in [1.54, 1.807) is 9.80 Å². The molecule has 1 aliphatic rings. The molecule has 6 nitrogen and oxygen atoms in total. The van der Waals surface area contributed by atoms with Crippen LogP contribution in [-0.2, 0) is 5.41 Å². The van der Waals surface area contributed by atoms with Gasteiger partial charge in [-0.3, -0.25) is 10.2 Å². The molecule has 0 bridgehead atoms. The van der Waals surface area contributed by atoms with E-state index in [4.69, 9.17) is 0 Å². The zero-order valence-electron chi connectivity index (χ0n) is 22.7.